The number of rotatable bonds is 1. The van der Waals surface area contributed by atoms with Crippen LogP contribution >= 0.6 is 0 Å². The molecule has 2 amide bonds. The van der Waals surface area contributed by atoms with E-state index in [0.717, 1.165) is 5.56 Å². The number of nitrogens with two attached hydrogens (primary N) is 1. The smallest absolute Gasteiger partial charge is 0.234 e. The third kappa shape index (κ3) is 2.16. The fraction of sp³-hybridized carbons (Fsp3) is 0.385. The molecule has 0 bridgehead atoms. The first-order chi connectivity index (χ1) is 7.99. The molecule has 0 atom stereocenters. The summed E-state index contributed by atoms with van der Waals surface area (Å²) in [5, 5.41) is 0. The topological polar surface area (TPSA) is 63.4 Å². The van der Waals surface area contributed by atoms with E-state index >= 15 is 0 Å². The Balaban J connectivity index is 2.38. The molecule has 0 radical (unpaired) electrons. The lowest BCUT2D eigenvalue weighted by atomic mass is 9.96. The molecule has 0 spiro atoms. The number of anilines is 2. The molecule has 4 nitrogen and oxygen atoms in total. The van der Waals surface area contributed by atoms with Gasteiger partial charge in [-0.15, -0.1) is 0 Å². The van der Waals surface area contributed by atoms with E-state index in [4.69, 9.17) is 5.73 Å². The summed E-state index contributed by atoms with van der Waals surface area (Å²) < 4.78 is 0. The predicted octanol–water partition coefficient (Wildman–Crippen LogP) is 1.87. The van der Waals surface area contributed by atoms with E-state index < -0.39 is 0 Å². The van der Waals surface area contributed by atoms with Gasteiger partial charge >= 0.3 is 0 Å². The van der Waals surface area contributed by atoms with Crippen LogP contribution < -0.4 is 10.6 Å². The summed E-state index contributed by atoms with van der Waals surface area (Å²) in [5.74, 6) is -0.108. The van der Waals surface area contributed by atoms with Gasteiger partial charge in [0.15, 0.2) is 0 Å². The lowest BCUT2D eigenvalue weighted by Crippen LogP contribution is -2.43. The maximum Gasteiger partial charge on any atom is 0.234 e. The molecule has 0 saturated carbocycles. The molecule has 1 aromatic rings. The highest BCUT2D eigenvalue weighted by atomic mass is 16.2. The summed E-state index contributed by atoms with van der Waals surface area (Å²) in [7, 11) is 0. The van der Waals surface area contributed by atoms with Crippen LogP contribution in [0.15, 0.2) is 18.2 Å². The molecule has 1 fully saturated rings. The van der Waals surface area contributed by atoms with E-state index in [1.54, 1.807) is 18.2 Å². The first-order valence-corrected chi connectivity index (χ1v) is 5.71. The number of carbonyl (C=O) groups is 2. The Labute approximate surface area is 100 Å². The molecule has 0 aliphatic carbocycles. The minimum atomic E-state index is -0.123. The number of benzene rings is 1. The van der Waals surface area contributed by atoms with Gasteiger partial charge in [-0.2, -0.15) is 0 Å². The Hall–Kier alpha value is -1.84. The van der Waals surface area contributed by atoms with Crippen LogP contribution in [0.3, 0.4) is 0 Å². The molecule has 2 N–H and O–H groups in total. The summed E-state index contributed by atoms with van der Waals surface area (Å²) in [6.45, 7) is 3.77. The van der Waals surface area contributed by atoms with Crippen molar-refractivity contribution in [3.63, 3.8) is 0 Å². The Morgan fingerprint density at radius 3 is 2.35 bits per heavy atom. The lowest BCUT2D eigenvalue weighted by Gasteiger charge is -2.29. The maximum absolute atomic E-state index is 11.9. The van der Waals surface area contributed by atoms with E-state index in [0.29, 0.717) is 24.2 Å². The standard InChI is InChI=1S/C13H16N2O2/c1-8-5-12(16)15(13(17)6-8)11-4-3-10(14)7-9(11)2/h3-4,7-8H,5-6,14H2,1-2H3. The van der Waals surface area contributed by atoms with E-state index in [-0.39, 0.29) is 17.7 Å². The number of imide groups is 1. The second kappa shape index (κ2) is 4.20. The molecule has 1 aliphatic rings. The van der Waals surface area contributed by atoms with Crippen molar-refractivity contribution in [1.82, 2.24) is 0 Å². The van der Waals surface area contributed by atoms with Gasteiger partial charge in [0.25, 0.3) is 0 Å². The number of nitrogen functional groups attached to an aromatic ring is 1. The molecule has 2 rings (SSSR count). The predicted molar refractivity (Wildman–Crippen MR) is 66.5 cm³/mol. The first-order valence-electron chi connectivity index (χ1n) is 5.71. The van der Waals surface area contributed by atoms with Crippen molar-refractivity contribution in [2.75, 3.05) is 10.6 Å². The van der Waals surface area contributed by atoms with Crippen LogP contribution in [0.25, 0.3) is 0 Å². The van der Waals surface area contributed by atoms with Crippen LogP contribution in [0.4, 0.5) is 11.4 Å². The Bertz CT molecular complexity index is 464. The second-order valence-corrected chi connectivity index (χ2v) is 4.68. The zero-order valence-corrected chi connectivity index (χ0v) is 10.1. The molecule has 1 aromatic carbocycles. The summed E-state index contributed by atoms with van der Waals surface area (Å²) in [6, 6.07) is 5.21. The number of carbonyl (C=O) groups excluding carboxylic acids is 2. The number of hydrogen-bond donors (Lipinski definition) is 1. The highest BCUT2D eigenvalue weighted by molar-refractivity contribution is 6.17. The van der Waals surface area contributed by atoms with Gasteiger partial charge < -0.3 is 5.73 Å². The van der Waals surface area contributed by atoms with Gasteiger partial charge in [-0.05, 0) is 36.6 Å². The Morgan fingerprint density at radius 1 is 1.24 bits per heavy atom. The molecule has 1 saturated heterocycles. The third-order valence-corrected chi connectivity index (χ3v) is 3.01. The number of hydrogen-bond acceptors (Lipinski definition) is 3. The Morgan fingerprint density at radius 2 is 1.82 bits per heavy atom. The highest BCUT2D eigenvalue weighted by Crippen LogP contribution is 2.28. The first kappa shape index (κ1) is 11.6. The molecular formula is C13H16N2O2. The molecule has 4 heteroatoms. The number of amides is 2. The van der Waals surface area contributed by atoms with Crippen LogP contribution in [-0.2, 0) is 9.59 Å². The van der Waals surface area contributed by atoms with E-state index in [9.17, 15) is 9.59 Å². The van der Waals surface area contributed by atoms with Gasteiger partial charge in [0.1, 0.15) is 0 Å². The fourth-order valence-electron chi connectivity index (χ4n) is 2.19. The molecule has 90 valence electrons. The van der Waals surface area contributed by atoms with Crippen molar-refractivity contribution in [3.05, 3.63) is 23.8 Å². The van der Waals surface area contributed by atoms with Crippen LogP contribution in [-0.4, -0.2) is 11.8 Å². The van der Waals surface area contributed by atoms with Crippen molar-refractivity contribution in [2.24, 2.45) is 5.92 Å². The van der Waals surface area contributed by atoms with Gasteiger partial charge in [0.2, 0.25) is 11.8 Å². The van der Waals surface area contributed by atoms with Crippen molar-refractivity contribution in [1.29, 1.82) is 0 Å². The zero-order valence-electron chi connectivity index (χ0n) is 10.1. The van der Waals surface area contributed by atoms with Crippen molar-refractivity contribution >= 4 is 23.2 Å². The highest BCUT2D eigenvalue weighted by Gasteiger charge is 2.32. The summed E-state index contributed by atoms with van der Waals surface area (Å²) in [6.07, 6.45) is 0.852. The minimum Gasteiger partial charge on any atom is -0.399 e. The zero-order chi connectivity index (χ0) is 12.6. The number of aryl methyl sites for hydroxylation is 1. The van der Waals surface area contributed by atoms with Gasteiger partial charge in [-0.25, -0.2) is 0 Å². The summed E-state index contributed by atoms with van der Waals surface area (Å²) >= 11 is 0. The molecule has 0 aromatic heterocycles. The SMILES string of the molecule is Cc1cc(N)ccc1N1C(=O)CC(C)CC1=O. The minimum absolute atomic E-state index is 0.123. The maximum atomic E-state index is 11.9. The lowest BCUT2D eigenvalue weighted by molar-refractivity contribution is -0.130. The van der Waals surface area contributed by atoms with E-state index in [1.807, 2.05) is 13.8 Å². The van der Waals surface area contributed by atoms with Gasteiger partial charge in [0, 0.05) is 18.5 Å². The number of piperidine rings is 1. The normalized spacial score (nSPS) is 17.6. The quantitative estimate of drug-likeness (QED) is 0.594. The fourth-order valence-corrected chi connectivity index (χ4v) is 2.19. The molecule has 1 heterocycles. The molecule has 0 unspecified atom stereocenters. The van der Waals surface area contributed by atoms with Gasteiger partial charge in [-0.3, -0.25) is 14.5 Å². The van der Waals surface area contributed by atoms with Crippen molar-refractivity contribution in [2.45, 2.75) is 26.7 Å². The largest absolute Gasteiger partial charge is 0.399 e. The van der Waals surface area contributed by atoms with Crippen molar-refractivity contribution < 1.29 is 9.59 Å². The average Bonchev–Trinajstić information content (AvgIpc) is 2.19. The van der Waals surface area contributed by atoms with Crippen LogP contribution in [0, 0.1) is 12.8 Å². The van der Waals surface area contributed by atoms with Crippen LogP contribution in [0.1, 0.15) is 25.3 Å². The average molecular weight is 232 g/mol. The van der Waals surface area contributed by atoms with Crippen molar-refractivity contribution in [3.8, 4) is 0 Å². The van der Waals surface area contributed by atoms with Gasteiger partial charge in [-0.1, -0.05) is 6.92 Å². The molecule has 17 heavy (non-hydrogen) atoms. The monoisotopic (exact) mass is 232 g/mol. The summed E-state index contributed by atoms with van der Waals surface area (Å²) in [4.78, 5) is 25.1. The van der Waals surface area contributed by atoms with Crippen LogP contribution in [0.5, 0.6) is 0 Å². The number of nitrogens with zero attached hydrogens (tertiary/aromatic N) is 1. The molecular weight excluding hydrogens is 216 g/mol. The van der Waals surface area contributed by atoms with E-state index in [1.165, 1.54) is 4.90 Å². The van der Waals surface area contributed by atoms with Crippen LogP contribution in [0.2, 0.25) is 0 Å². The Kier molecular flexibility index (Phi) is 2.88. The van der Waals surface area contributed by atoms with E-state index in [2.05, 4.69) is 0 Å². The molecule has 1 aliphatic heterocycles. The second-order valence-electron chi connectivity index (χ2n) is 4.68. The third-order valence-electron chi connectivity index (χ3n) is 3.01. The van der Waals surface area contributed by atoms with Gasteiger partial charge in [0.05, 0.1) is 5.69 Å². The summed E-state index contributed by atoms with van der Waals surface area (Å²) in [5.41, 5.74) is 7.80.